The average molecular weight is 387 g/mol. The van der Waals surface area contributed by atoms with Crippen LogP contribution in [0.1, 0.15) is 25.7 Å². The lowest BCUT2D eigenvalue weighted by molar-refractivity contribution is 0.426. The fraction of sp³-hybridized carbons (Fsp3) is 0.300. The fourth-order valence-corrected chi connectivity index (χ4v) is 3.70. The Morgan fingerprint density at radius 2 is 1.45 bits per heavy atom. The number of anilines is 2. The summed E-state index contributed by atoms with van der Waals surface area (Å²) in [5.74, 6) is 2.01. The highest BCUT2D eigenvalue weighted by molar-refractivity contribution is 5.75. The second-order valence-electron chi connectivity index (χ2n) is 7.14. The van der Waals surface area contributed by atoms with E-state index in [0.717, 1.165) is 36.7 Å². The molecule has 1 aliphatic carbocycles. The van der Waals surface area contributed by atoms with Crippen LogP contribution in [0.15, 0.2) is 55.0 Å². The van der Waals surface area contributed by atoms with E-state index < -0.39 is 0 Å². The van der Waals surface area contributed by atoms with Crippen LogP contribution in [-0.4, -0.2) is 47.0 Å². The molecule has 29 heavy (non-hydrogen) atoms. The van der Waals surface area contributed by atoms with Crippen LogP contribution in [0.2, 0.25) is 0 Å². The second kappa shape index (κ2) is 7.78. The van der Waals surface area contributed by atoms with Crippen LogP contribution < -0.4 is 10.6 Å². The summed E-state index contributed by atoms with van der Waals surface area (Å²) in [6.07, 6.45) is 9.42. The number of rotatable bonds is 5. The predicted molar refractivity (Wildman–Crippen MR) is 110 cm³/mol. The minimum Gasteiger partial charge on any atom is -0.351 e. The minimum absolute atomic E-state index is 0.340. The molecule has 3 heterocycles. The number of nitrogens with one attached hydrogen (secondary N) is 2. The molecule has 0 aliphatic heterocycles. The maximum Gasteiger partial charge on any atom is 0.224 e. The number of hydrogen-bond acceptors (Lipinski definition) is 8. The molecule has 1 aliphatic rings. The molecule has 1 fully saturated rings. The van der Waals surface area contributed by atoms with Gasteiger partial charge in [0.25, 0.3) is 0 Å². The molecule has 4 aromatic rings. The Morgan fingerprint density at radius 3 is 2.24 bits per heavy atom. The molecule has 0 unspecified atom stereocenters. The molecule has 3 aromatic heterocycles. The molecule has 1 saturated carbocycles. The van der Waals surface area contributed by atoms with Gasteiger partial charge in [-0.05, 0) is 43.9 Å². The first-order chi connectivity index (χ1) is 14.3. The van der Waals surface area contributed by atoms with Crippen molar-refractivity contribution in [1.82, 2.24) is 34.9 Å². The summed E-state index contributed by atoms with van der Waals surface area (Å²) in [4.78, 5) is 17.5. The zero-order valence-electron chi connectivity index (χ0n) is 15.8. The minimum atomic E-state index is 0.340. The van der Waals surface area contributed by atoms with E-state index in [0.29, 0.717) is 29.8 Å². The zero-order chi connectivity index (χ0) is 19.5. The predicted octanol–water partition coefficient (Wildman–Crippen LogP) is 2.84. The first kappa shape index (κ1) is 17.5. The van der Waals surface area contributed by atoms with Crippen LogP contribution in [-0.2, 0) is 0 Å². The van der Waals surface area contributed by atoms with Gasteiger partial charge >= 0.3 is 0 Å². The summed E-state index contributed by atoms with van der Waals surface area (Å²) in [6, 6.07) is 12.2. The number of benzene rings is 1. The molecule has 0 bridgehead atoms. The van der Waals surface area contributed by atoms with Gasteiger partial charge in [-0.3, -0.25) is 0 Å². The molecule has 5 rings (SSSR count). The molecule has 0 saturated heterocycles. The number of aromatic nitrogens is 7. The Morgan fingerprint density at radius 1 is 0.759 bits per heavy atom. The maximum atomic E-state index is 4.65. The third-order valence-electron chi connectivity index (χ3n) is 5.17. The molecule has 9 heteroatoms. The molecular weight excluding hydrogens is 366 g/mol. The van der Waals surface area contributed by atoms with Gasteiger partial charge in [0.2, 0.25) is 11.9 Å². The van der Waals surface area contributed by atoms with Gasteiger partial charge in [-0.1, -0.05) is 17.3 Å². The first-order valence-corrected chi connectivity index (χ1v) is 9.79. The summed E-state index contributed by atoms with van der Waals surface area (Å²) in [5.41, 5.74) is 1.76. The lowest BCUT2D eigenvalue weighted by Crippen LogP contribution is -2.33. The van der Waals surface area contributed by atoms with Crippen LogP contribution in [0.25, 0.3) is 16.9 Å². The third kappa shape index (κ3) is 3.84. The summed E-state index contributed by atoms with van der Waals surface area (Å²) in [5, 5.41) is 15.3. The van der Waals surface area contributed by atoms with E-state index in [4.69, 9.17) is 0 Å². The van der Waals surface area contributed by atoms with Gasteiger partial charge in [-0.25, -0.2) is 15.0 Å². The highest BCUT2D eigenvalue weighted by Crippen LogP contribution is 2.23. The largest absolute Gasteiger partial charge is 0.351 e. The molecule has 9 nitrogen and oxygen atoms in total. The Kier molecular flexibility index (Phi) is 4.69. The standard InChI is InChI=1S/C20H21N9/c1-2-5-17-16(4-1)27-28-29(17)18-10-13-23-20(26-18)25-15-8-6-14(7-9-15)24-19-21-11-3-12-22-19/h1-5,10-15H,6-9H2,(H,21,22,24)(H,23,25,26)/t14-,15-. The van der Waals surface area contributed by atoms with E-state index in [1.807, 2.05) is 36.4 Å². The van der Waals surface area contributed by atoms with Gasteiger partial charge in [0.05, 0.1) is 5.52 Å². The van der Waals surface area contributed by atoms with Crippen molar-refractivity contribution in [2.45, 2.75) is 37.8 Å². The van der Waals surface area contributed by atoms with Crippen molar-refractivity contribution in [3.8, 4) is 5.82 Å². The van der Waals surface area contributed by atoms with Gasteiger partial charge in [0, 0.05) is 36.7 Å². The Bertz CT molecular complexity index is 1090. The van der Waals surface area contributed by atoms with Gasteiger partial charge in [0.1, 0.15) is 5.52 Å². The second-order valence-corrected chi connectivity index (χ2v) is 7.14. The molecule has 146 valence electrons. The van der Waals surface area contributed by atoms with Gasteiger partial charge in [-0.2, -0.15) is 9.67 Å². The average Bonchev–Trinajstić information content (AvgIpc) is 3.20. The Hall–Kier alpha value is -3.62. The smallest absolute Gasteiger partial charge is 0.224 e. The molecule has 1 aromatic carbocycles. The van der Waals surface area contributed by atoms with Crippen LogP contribution in [0.3, 0.4) is 0 Å². The molecular formula is C20H21N9. The van der Waals surface area contributed by atoms with Gasteiger partial charge in [-0.15, -0.1) is 5.10 Å². The normalized spacial score (nSPS) is 19.2. The van der Waals surface area contributed by atoms with E-state index in [-0.39, 0.29) is 0 Å². The number of fused-ring (bicyclic) bond motifs is 1. The summed E-state index contributed by atoms with van der Waals surface area (Å²) < 4.78 is 1.74. The number of nitrogens with zero attached hydrogens (tertiary/aromatic N) is 7. The molecule has 0 atom stereocenters. The number of hydrogen-bond donors (Lipinski definition) is 2. The lowest BCUT2D eigenvalue weighted by Gasteiger charge is -2.29. The highest BCUT2D eigenvalue weighted by Gasteiger charge is 2.22. The van der Waals surface area contributed by atoms with Crippen molar-refractivity contribution in [3.63, 3.8) is 0 Å². The number of para-hydroxylation sites is 1. The Balaban J connectivity index is 1.23. The van der Waals surface area contributed by atoms with Crippen LogP contribution in [0.5, 0.6) is 0 Å². The maximum absolute atomic E-state index is 4.65. The van der Waals surface area contributed by atoms with Crippen molar-refractivity contribution in [2.24, 2.45) is 0 Å². The van der Waals surface area contributed by atoms with E-state index in [9.17, 15) is 0 Å². The summed E-state index contributed by atoms with van der Waals surface area (Å²) in [7, 11) is 0. The van der Waals surface area contributed by atoms with Crippen LogP contribution in [0, 0.1) is 0 Å². The zero-order valence-corrected chi connectivity index (χ0v) is 15.8. The molecule has 0 radical (unpaired) electrons. The molecule has 0 spiro atoms. The van der Waals surface area contributed by atoms with Gasteiger partial charge in [0.15, 0.2) is 5.82 Å². The summed E-state index contributed by atoms with van der Waals surface area (Å²) in [6.45, 7) is 0. The quantitative estimate of drug-likeness (QED) is 0.538. The first-order valence-electron chi connectivity index (χ1n) is 9.79. The fourth-order valence-electron chi connectivity index (χ4n) is 3.70. The summed E-state index contributed by atoms with van der Waals surface area (Å²) >= 11 is 0. The Labute approximate surface area is 167 Å². The highest BCUT2D eigenvalue weighted by atomic mass is 15.4. The van der Waals surface area contributed by atoms with E-state index >= 15 is 0 Å². The van der Waals surface area contributed by atoms with Crippen molar-refractivity contribution in [2.75, 3.05) is 10.6 Å². The lowest BCUT2D eigenvalue weighted by atomic mass is 9.91. The van der Waals surface area contributed by atoms with Crippen molar-refractivity contribution in [3.05, 3.63) is 55.0 Å². The van der Waals surface area contributed by atoms with Gasteiger partial charge < -0.3 is 10.6 Å². The van der Waals surface area contributed by atoms with E-state index in [2.05, 4.69) is 40.9 Å². The molecule has 0 amide bonds. The van der Waals surface area contributed by atoms with Crippen molar-refractivity contribution >= 4 is 22.9 Å². The SMILES string of the molecule is c1cnc(N[C@H]2CC[C@H](Nc3nccc(-n4nnc5ccccc54)n3)CC2)nc1. The van der Waals surface area contributed by atoms with E-state index in [1.165, 1.54) is 0 Å². The topological polar surface area (TPSA) is 106 Å². The third-order valence-corrected chi connectivity index (χ3v) is 5.17. The monoisotopic (exact) mass is 387 g/mol. The van der Waals surface area contributed by atoms with Crippen LogP contribution in [0.4, 0.5) is 11.9 Å². The molecule has 2 N–H and O–H groups in total. The van der Waals surface area contributed by atoms with Crippen LogP contribution >= 0.6 is 0 Å². The van der Waals surface area contributed by atoms with E-state index in [1.54, 1.807) is 23.3 Å². The van der Waals surface area contributed by atoms with Crippen molar-refractivity contribution in [1.29, 1.82) is 0 Å². The van der Waals surface area contributed by atoms with Crippen molar-refractivity contribution < 1.29 is 0 Å².